The molecule has 0 aliphatic carbocycles. The SMILES string of the molecule is CC(=O)Nc1ccc(/C=N/NC(=O)c2ccccc2Cl)cc1. The van der Waals surface area contributed by atoms with Crippen LogP contribution in [0.3, 0.4) is 0 Å². The van der Waals surface area contributed by atoms with E-state index in [1.54, 1.807) is 48.5 Å². The first kappa shape index (κ1) is 15.7. The van der Waals surface area contributed by atoms with Gasteiger partial charge in [0.1, 0.15) is 0 Å². The minimum Gasteiger partial charge on any atom is -0.326 e. The number of hydrogen-bond acceptors (Lipinski definition) is 3. The van der Waals surface area contributed by atoms with Crippen molar-refractivity contribution in [1.29, 1.82) is 0 Å². The van der Waals surface area contributed by atoms with Gasteiger partial charge >= 0.3 is 0 Å². The summed E-state index contributed by atoms with van der Waals surface area (Å²) in [6.45, 7) is 1.44. The highest BCUT2D eigenvalue weighted by Crippen LogP contribution is 2.14. The van der Waals surface area contributed by atoms with E-state index in [1.165, 1.54) is 13.1 Å². The van der Waals surface area contributed by atoms with Gasteiger partial charge in [0.2, 0.25) is 5.91 Å². The topological polar surface area (TPSA) is 70.6 Å². The molecule has 0 saturated heterocycles. The number of amides is 2. The van der Waals surface area contributed by atoms with Crippen molar-refractivity contribution in [3.63, 3.8) is 0 Å². The van der Waals surface area contributed by atoms with E-state index in [0.29, 0.717) is 16.3 Å². The molecule has 0 fully saturated rings. The Balaban J connectivity index is 1.96. The van der Waals surface area contributed by atoms with Gasteiger partial charge in [0.05, 0.1) is 16.8 Å². The third-order valence-corrected chi connectivity index (χ3v) is 3.06. The summed E-state index contributed by atoms with van der Waals surface area (Å²) < 4.78 is 0. The van der Waals surface area contributed by atoms with Crippen LogP contribution in [0, 0.1) is 0 Å². The van der Waals surface area contributed by atoms with E-state index < -0.39 is 0 Å². The first-order valence-electron chi connectivity index (χ1n) is 6.52. The smallest absolute Gasteiger partial charge is 0.272 e. The molecule has 22 heavy (non-hydrogen) atoms. The molecule has 6 heteroatoms. The average Bonchev–Trinajstić information content (AvgIpc) is 2.49. The lowest BCUT2D eigenvalue weighted by molar-refractivity contribution is -0.114. The largest absolute Gasteiger partial charge is 0.326 e. The molecule has 2 aromatic carbocycles. The molecule has 0 heterocycles. The van der Waals surface area contributed by atoms with Crippen molar-refractivity contribution in [2.75, 3.05) is 5.32 Å². The number of anilines is 1. The van der Waals surface area contributed by atoms with Crippen LogP contribution in [0.2, 0.25) is 5.02 Å². The molecule has 2 amide bonds. The summed E-state index contributed by atoms with van der Waals surface area (Å²) in [5, 5.41) is 6.92. The van der Waals surface area contributed by atoms with Gasteiger partial charge in [-0.25, -0.2) is 5.43 Å². The molecule has 0 atom stereocenters. The maximum Gasteiger partial charge on any atom is 0.272 e. The van der Waals surface area contributed by atoms with Gasteiger partial charge in [0.25, 0.3) is 5.91 Å². The van der Waals surface area contributed by atoms with Crippen molar-refractivity contribution in [3.8, 4) is 0 Å². The normalized spacial score (nSPS) is 10.5. The highest BCUT2D eigenvalue weighted by Gasteiger charge is 2.07. The van der Waals surface area contributed by atoms with Crippen LogP contribution >= 0.6 is 11.6 Å². The number of carbonyl (C=O) groups is 2. The maximum absolute atomic E-state index is 11.9. The first-order chi connectivity index (χ1) is 10.6. The van der Waals surface area contributed by atoms with Crippen LogP contribution in [-0.4, -0.2) is 18.0 Å². The predicted octanol–water partition coefficient (Wildman–Crippen LogP) is 3.06. The molecule has 0 saturated carbocycles. The zero-order valence-electron chi connectivity index (χ0n) is 11.8. The van der Waals surface area contributed by atoms with Crippen LogP contribution in [-0.2, 0) is 4.79 Å². The summed E-state index contributed by atoms with van der Waals surface area (Å²) >= 11 is 5.93. The minimum absolute atomic E-state index is 0.131. The van der Waals surface area contributed by atoms with Gasteiger partial charge in [-0.1, -0.05) is 35.9 Å². The third-order valence-electron chi connectivity index (χ3n) is 2.73. The molecule has 0 aliphatic heterocycles. The molecule has 2 rings (SSSR count). The highest BCUT2D eigenvalue weighted by atomic mass is 35.5. The molecule has 5 nitrogen and oxygen atoms in total. The van der Waals surface area contributed by atoms with Crippen LogP contribution in [0.4, 0.5) is 5.69 Å². The maximum atomic E-state index is 11.9. The van der Waals surface area contributed by atoms with E-state index in [2.05, 4.69) is 15.8 Å². The van der Waals surface area contributed by atoms with Crippen LogP contribution in [0.1, 0.15) is 22.8 Å². The summed E-state index contributed by atoms with van der Waals surface area (Å²) in [5.74, 6) is -0.509. The van der Waals surface area contributed by atoms with Crippen molar-refractivity contribution in [1.82, 2.24) is 5.43 Å². The van der Waals surface area contributed by atoms with Gasteiger partial charge in [-0.3, -0.25) is 9.59 Å². The Bertz CT molecular complexity index is 712. The minimum atomic E-state index is -0.378. The summed E-state index contributed by atoms with van der Waals surface area (Å²) in [5.41, 5.74) is 4.26. The van der Waals surface area contributed by atoms with Gasteiger partial charge < -0.3 is 5.32 Å². The fourth-order valence-electron chi connectivity index (χ4n) is 1.73. The Kier molecular flexibility index (Phi) is 5.27. The number of benzene rings is 2. The Morgan fingerprint density at radius 3 is 2.41 bits per heavy atom. The fourth-order valence-corrected chi connectivity index (χ4v) is 1.95. The molecule has 0 spiro atoms. The predicted molar refractivity (Wildman–Crippen MR) is 87.3 cm³/mol. The number of carbonyl (C=O) groups excluding carboxylic acids is 2. The first-order valence-corrected chi connectivity index (χ1v) is 6.89. The van der Waals surface area contributed by atoms with Crippen molar-refractivity contribution < 1.29 is 9.59 Å². The van der Waals surface area contributed by atoms with E-state index in [1.807, 2.05) is 0 Å². The van der Waals surface area contributed by atoms with Gasteiger partial charge in [0, 0.05) is 12.6 Å². The quantitative estimate of drug-likeness (QED) is 0.672. The van der Waals surface area contributed by atoms with E-state index in [-0.39, 0.29) is 11.8 Å². The summed E-state index contributed by atoms with van der Waals surface area (Å²) in [4.78, 5) is 22.8. The van der Waals surface area contributed by atoms with Crippen LogP contribution in [0.25, 0.3) is 0 Å². The number of halogens is 1. The summed E-state index contributed by atoms with van der Waals surface area (Å²) in [7, 11) is 0. The van der Waals surface area contributed by atoms with E-state index in [4.69, 9.17) is 11.6 Å². The number of nitrogens with zero attached hydrogens (tertiary/aromatic N) is 1. The molecular weight excluding hydrogens is 302 g/mol. The third kappa shape index (κ3) is 4.43. The van der Waals surface area contributed by atoms with Crippen LogP contribution in [0.15, 0.2) is 53.6 Å². The van der Waals surface area contributed by atoms with Crippen molar-refractivity contribution >= 4 is 35.3 Å². The lowest BCUT2D eigenvalue weighted by Gasteiger charge is -2.03. The van der Waals surface area contributed by atoms with Crippen molar-refractivity contribution in [2.45, 2.75) is 6.92 Å². The van der Waals surface area contributed by atoms with E-state index in [0.717, 1.165) is 5.56 Å². The molecule has 0 bridgehead atoms. The second kappa shape index (κ2) is 7.38. The Labute approximate surface area is 133 Å². The van der Waals surface area contributed by atoms with Gasteiger partial charge in [-0.05, 0) is 29.8 Å². The standard InChI is InChI=1S/C16H14ClN3O2/c1-11(21)19-13-8-6-12(7-9-13)10-18-20-16(22)14-4-2-3-5-15(14)17/h2-10H,1H3,(H,19,21)(H,20,22)/b18-10+. The number of hydrazone groups is 1. The van der Waals surface area contributed by atoms with E-state index >= 15 is 0 Å². The van der Waals surface area contributed by atoms with Gasteiger partial charge in [-0.15, -0.1) is 0 Å². The fraction of sp³-hybridized carbons (Fsp3) is 0.0625. The molecule has 2 N–H and O–H groups in total. The number of nitrogens with one attached hydrogen (secondary N) is 2. The van der Waals surface area contributed by atoms with Crippen LogP contribution in [0.5, 0.6) is 0 Å². The van der Waals surface area contributed by atoms with Crippen molar-refractivity contribution in [2.24, 2.45) is 5.10 Å². The van der Waals surface area contributed by atoms with Crippen LogP contribution < -0.4 is 10.7 Å². The molecule has 0 aromatic heterocycles. The van der Waals surface area contributed by atoms with E-state index in [9.17, 15) is 9.59 Å². The summed E-state index contributed by atoms with van der Waals surface area (Å²) in [6.07, 6.45) is 1.51. The molecule has 0 radical (unpaired) electrons. The summed E-state index contributed by atoms with van der Waals surface area (Å²) in [6, 6.07) is 13.8. The highest BCUT2D eigenvalue weighted by molar-refractivity contribution is 6.33. The van der Waals surface area contributed by atoms with Gasteiger partial charge in [-0.2, -0.15) is 5.10 Å². The molecule has 0 aliphatic rings. The molecular formula is C16H14ClN3O2. The second-order valence-corrected chi connectivity index (χ2v) is 4.89. The molecule has 0 unspecified atom stereocenters. The van der Waals surface area contributed by atoms with Crippen molar-refractivity contribution in [3.05, 3.63) is 64.7 Å². The lowest BCUT2D eigenvalue weighted by Crippen LogP contribution is -2.17. The lowest BCUT2D eigenvalue weighted by atomic mass is 10.2. The zero-order chi connectivity index (χ0) is 15.9. The molecule has 112 valence electrons. The number of hydrogen-bond donors (Lipinski definition) is 2. The molecule has 2 aromatic rings. The zero-order valence-corrected chi connectivity index (χ0v) is 12.6. The Hall–Kier alpha value is -2.66. The Morgan fingerprint density at radius 1 is 1.09 bits per heavy atom. The average molecular weight is 316 g/mol. The number of rotatable bonds is 4. The monoisotopic (exact) mass is 315 g/mol. The van der Waals surface area contributed by atoms with Gasteiger partial charge in [0.15, 0.2) is 0 Å². The second-order valence-electron chi connectivity index (χ2n) is 4.48. The Morgan fingerprint density at radius 2 is 1.77 bits per heavy atom.